The number of aromatic amines is 1. The van der Waals surface area contributed by atoms with Gasteiger partial charge in [0, 0.05) is 12.7 Å². The summed E-state index contributed by atoms with van der Waals surface area (Å²) in [5.74, 6) is 0.757. The quantitative estimate of drug-likeness (QED) is 0.923. The molecular weight excluding hydrogens is 308 g/mol. The first kappa shape index (κ1) is 14.0. The largest absolute Gasteiger partial charge is 0.305 e. The lowest BCUT2D eigenvalue weighted by Crippen LogP contribution is -2.15. The Morgan fingerprint density at radius 3 is 2.42 bits per heavy atom. The molecule has 0 bridgehead atoms. The molecule has 2 aromatic rings. The van der Waals surface area contributed by atoms with Gasteiger partial charge in [-0.15, -0.1) is 0 Å². The molecule has 0 aliphatic carbocycles. The molecular formula is C13H17BrN4O. The van der Waals surface area contributed by atoms with E-state index < -0.39 is 0 Å². The second-order valence-electron chi connectivity index (χ2n) is 4.94. The third-order valence-electron chi connectivity index (χ3n) is 3.18. The van der Waals surface area contributed by atoms with E-state index in [9.17, 15) is 4.79 Å². The number of aromatic nitrogens is 4. The molecule has 102 valence electrons. The summed E-state index contributed by atoms with van der Waals surface area (Å²) in [6.07, 6.45) is 0. The molecule has 2 heterocycles. The van der Waals surface area contributed by atoms with E-state index >= 15 is 0 Å². The molecule has 0 spiro atoms. The lowest BCUT2D eigenvalue weighted by molar-refractivity contribution is 0.731. The number of nitrogens with zero attached hydrogens (tertiary/aromatic N) is 3. The molecule has 0 atom stereocenters. The van der Waals surface area contributed by atoms with E-state index in [4.69, 9.17) is 0 Å². The average Bonchev–Trinajstić information content (AvgIpc) is 2.56. The third kappa shape index (κ3) is 2.36. The van der Waals surface area contributed by atoms with Crippen LogP contribution in [0.2, 0.25) is 0 Å². The summed E-state index contributed by atoms with van der Waals surface area (Å²) in [6, 6.07) is 0. The molecule has 5 nitrogen and oxygen atoms in total. The maximum atomic E-state index is 12.0. The molecule has 0 radical (unpaired) electrons. The van der Waals surface area contributed by atoms with Gasteiger partial charge in [0.05, 0.1) is 17.0 Å². The van der Waals surface area contributed by atoms with Gasteiger partial charge in [-0.3, -0.25) is 9.48 Å². The highest BCUT2D eigenvalue weighted by Crippen LogP contribution is 2.26. The Morgan fingerprint density at radius 2 is 1.95 bits per heavy atom. The molecule has 0 aliphatic rings. The van der Waals surface area contributed by atoms with Gasteiger partial charge in [-0.1, -0.05) is 13.8 Å². The number of H-pyrrole nitrogens is 1. The SMILES string of the molecule is Cc1nn(C)c(C)c1-c1nc(C(C)C)c(Br)c(=O)[nH]1. The Labute approximate surface area is 120 Å². The van der Waals surface area contributed by atoms with E-state index in [-0.39, 0.29) is 11.5 Å². The minimum Gasteiger partial charge on any atom is -0.305 e. The summed E-state index contributed by atoms with van der Waals surface area (Å²) in [6.45, 7) is 7.91. The van der Waals surface area contributed by atoms with Crippen LogP contribution in [0.4, 0.5) is 0 Å². The minimum absolute atomic E-state index is 0.156. The van der Waals surface area contributed by atoms with Crippen LogP contribution in [-0.2, 0) is 7.05 Å². The highest BCUT2D eigenvalue weighted by Gasteiger charge is 2.18. The van der Waals surface area contributed by atoms with Crippen LogP contribution in [0.5, 0.6) is 0 Å². The molecule has 0 fully saturated rings. The predicted octanol–water partition coefficient (Wildman–Crippen LogP) is 2.67. The normalized spacial score (nSPS) is 11.3. The zero-order valence-corrected chi connectivity index (χ0v) is 13.3. The first-order valence-corrected chi connectivity index (χ1v) is 6.92. The van der Waals surface area contributed by atoms with Crippen molar-refractivity contribution in [2.24, 2.45) is 7.05 Å². The molecule has 0 aromatic carbocycles. The zero-order valence-electron chi connectivity index (χ0n) is 11.7. The Morgan fingerprint density at radius 1 is 1.32 bits per heavy atom. The fourth-order valence-corrected chi connectivity index (χ4v) is 2.74. The second kappa shape index (κ2) is 4.92. The van der Waals surface area contributed by atoms with Gasteiger partial charge in [0.1, 0.15) is 10.3 Å². The van der Waals surface area contributed by atoms with Crippen molar-refractivity contribution in [1.29, 1.82) is 0 Å². The number of hydrogen-bond acceptors (Lipinski definition) is 3. The minimum atomic E-state index is -0.156. The smallest absolute Gasteiger partial charge is 0.265 e. The molecule has 0 unspecified atom stereocenters. The topological polar surface area (TPSA) is 63.6 Å². The summed E-state index contributed by atoms with van der Waals surface area (Å²) in [4.78, 5) is 19.4. The van der Waals surface area contributed by atoms with Crippen LogP contribution in [0.1, 0.15) is 36.8 Å². The molecule has 2 aromatic heterocycles. The fraction of sp³-hybridized carbons (Fsp3) is 0.462. The molecule has 1 N–H and O–H groups in total. The van der Waals surface area contributed by atoms with Crippen molar-refractivity contribution in [2.45, 2.75) is 33.6 Å². The number of rotatable bonds is 2. The Hall–Kier alpha value is -1.43. The van der Waals surface area contributed by atoms with E-state index in [0.717, 1.165) is 22.6 Å². The van der Waals surface area contributed by atoms with E-state index in [1.54, 1.807) is 4.68 Å². The van der Waals surface area contributed by atoms with Crippen LogP contribution in [-0.4, -0.2) is 19.7 Å². The maximum Gasteiger partial charge on any atom is 0.265 e. The summed E-state index contributed by atoms with van der Waals surface area (Å²) in [5.41, 5.74) is 3.35. The van der Waals surface area contributed by atoms with Gasteiger partial charge in [0.25, 0.3) is 5.56 Å². The highest BCUT2D eigenvalue weighted by atomic mass is 79.9. The third-order valence-corrected chi connectivity index (χ3v) is 3.95. The molecule has 6 heteroatoms. The van der Waals surface area contributed by atoms with Crippen molar-refractivity contribution in [3.63, 3.8) is 0 Å². The lowest BCUT2D eigenvalue weighted by atomic mass is 10.1. The predicted molar refractivity (Wildman–Crippen MR) is 78.3 cm³/mol. The van der Waals surface area contributed by atoms with Gasteiger partial charge in [-0.05, 0) is 35.7 Å². The highest BCUT2D eigenvalue weighted by molar-refractivity contribution is 9.10. The van der Waals surface area contributed by atoms with Crippen LogP contribution >= 0.6 is 15.9 Å². The second-order valence-corrected chi connectivity index (χ2v) is 5.73. The van der Waals surface area contributed by atoms with Gasteiger partial charge in [-0.25, -0.2) is 4.98 Å². The number of halogens is 1. The van der Waals surface area contributed by atoms with Crippen molar-refractivity contribution in [1.82, 2.24) is 19.7 Å². The van der Waals surface area contributed by atoms with Crippen LogP contribution < -0.4 is 5.56 Å². The Bertz CT molecular complexity index is 685. The van der Waals surface area contributed by atoms with E-state index in [1.165, 1.54) is 0 Å². The molecule has 0 saturated heterocycles. The number of aryl methyl sites for hydroxylation is 2. The molecule has 0 amide bonds. The maximum absolute atomic E-state index is 12.0. The van der Waals surface area contributed by atoms with Gasteiger partial charge in [0.15, 0.2) is 0 Å². The Balaban J connectivity index is 2.73. The van der Waals surface area contributed by atoms with E-state index in [2.05, 4.69) is 31.0 Å². The van der Waals surface area contributed by atoms with Gasteiger partial charge in [-0.2, -0.15) is 5.10 Å². The standard InChI is InChI=1S/C13H17BrN4O/c1-6(2)11-10(14)13(19)16-12(15-11)9-7(3)17-18(5)8(9)4/h6H,1-5H3,(H,15,16,19). The van der Waals surface area contributed by atoms with E-state index in [0.29, 0.717) is 10.3 Å². The van der Waals surface area contributed by atoms with Crippen LogP contribution in [0, 0.1) is 13.8 Å². The van der Waals surface area contributed by atoms with E-state index in [1.807, 2.05) is 34.7 Å². The molecule has 2 rings (SSSR count). The van der Waals surface area contributed by atoms with Crippen molar-refractivity contribution in [3.8, 4) is 11.4 Å². The van der Waals surface area contributed by atoms with Crippen molar-refractivity contribution >= 4 is 15.9 Å². The fourth-order valence-electron chi connectivity index (χ4n) is 2.09. The van der Waals surface area contributed by atoms with Gasteiger partial charge >= 0.3 is 0 Å². The summed E-state index contributed by atoms with van der Waals surface area (Å²) in [5, 5.41) is 4.36. The number of hydrogen-bond donors (Lipinski definition) is 1. The van der Waals surface area contributed by atoms with Crippen LogP contribution in [0.3, 0.4) is 0 Å². The van der Waals surface area contributed by atoms with Gasteiger partial charge < -0.3 is 4.98 Å². The number of nitrogens with one attached hydrogen (secondary N) is 1. The summed E-state index contributed by atoms with van der Waals surface area (Å²) >= 11 is 3.30. The summed E-state index contributed by atoms with van der Waals surface area (Å²) in [7, 11) is 1.88. The first-order valence-electron chi connectivity index (χ1n) is 6.13. The monoisotopic (exact) mass is 324 g/mol. The Kier molecular flexibility index (Phi) is 3.62. The molecule has 0 saturated carbocycles. The summed E-state index contributed by atoms with van der Waals surface area (Å²) < 4.78 is 2.30. The lowest BCUT2D eigenvalue weighted by Gasteiger charge is -2.09. The van der Waals surface area contributed by atoms with Crippen LogP contribution in [0.15, 0.2) is 9.27 Å². The van der Waals surface area contributed by atoms with Crippen molar-refractivity contribution < 1.29 is 0 Å². The van der Waals surface area contributed by atoms with Crippen LogP contribution in [0.25, 0.3) is 11.4 Å². The van der Waals surface area contributed by atoms with Crippen molar-refractivity contribution in [3.05, 3.63) is 31.9 Å². The van der Waals surface area contributed by atoms with Crippen molar-refractivity contribution in [2.75, 3.05) is 0 Å². The molecule has 19 heavy (non-hydrogen) atoms. The zero-order chi connectivity index (χ0) is 14.3. The first-order chi connectivity index (χ1) is 8.82. The average molecular weight is 325 g/mol. The molecule has 0 aliphatic heterocycles. The van der Waals surface area contributed by atoms with Gasteiger partial charge in [0.2, 0.25) is 0 Å².